The first-order valence-corrected chi connectivity index (χ1v) is 9.99. The fourth-order valence-corrected chi connectivity index (χ4v) is 4.87. The maximum atomic E-state index is 12.4. The average molecular weight is 349 g/mol. The van der Waals surface area contributed by atoms with Crippen molar-refractivity contribution in [1.82, 2.24) is 10.2 Å². The molecule has 1 N–H and O–H groups in total. The molecule has 1 aromatic rings. The molecule has 132 valence electrons. The molecule has 0 saturated carbocycles. The Morgan fingerprint density at radius 3 is 2.79 bits per heavy atom. The SMILES string of the molecule is C[C@@H]1CN(CCCCNC(=O)[C@H]2CSc3ccccc32)C[C@H](C)O1. The summed E-state index contributed by atoms with van der Waals surface area (Å²) in [6.07, 6.45) is 2.81. The van der Waals surface area contributed by atoms with E-state index in [4.69, 9.17) is 4.74 Å². The number of carbonyl (C=O) groups excluding carboxylic acids is 1. The number of carbonyl (C=O) groups is 1. The molecule has 2 heterocycles. The molecule has 0 aromatic heterocycles. The van der Waals surface area contributed by atoms with Gasteiger partial charge in [0.1, 0.15) is 0 Å². The van der Waals surface area contributed by atoms with Gasteiger partial charge in [0.05, 0.1) is 18.1 Å². The lowest BCUT2D eigenvalue weighted by Gasteiger charge is -2.35. The van der Waals surface area contributed by atoms with Gasteiger partial charge in [-0.3, -0.25) is 9.69 Å². The summed E-state index contributed by atoms with van der Waals surface area (Å²) in [5, 5.41) is 3.13. The number of morpholine rings is 1. The second-order valence-corrected chi connectivity index (χ2v) is 7.98. The van der Waals surface area contributed by atoms with E-state index >= 15 is 0 Å². The topological polar surface area (TPSA) is 41.6 Å². The third-order valence-electron chi connectivity index (χ3n) is 4.71. The van der Waals surface area contributed by atoms with Gasteiger partial charge < -0.3 is 10.1 Å². The van der Waals surface area contributed by atoms with Crippen LogP contribution in [0.3, 0.4) is 0 Å². The number of hydrogen-bond acceptors (Lipinski definition) is 4. The van der Waals surface area contributed by atoms with Crippen molar-refractivity contribution in [2.45, 2.75) is 49.7 Å². The molecule has 3 rings (SSSR count). The Hall–Kier alpha value is -1.04. The molecule has 1 amide bonds. The van der Waals surface area contributed by atoms with E-state index in [2.05, 4.69) is 36.2 Å². The number of thioether (sulfide) groups is 1. The highest BCUT2D eigenvalue weighted by atomic mass is 32.2. The minimum Gasteiger partial charge on any atom is -0.373 e. The normalized spacial score (nSPS) is 27.0. The van der Waals surface area contributed by atoms with Gasteiger partial charge in [-0.2, -0.15) is 0 Å². The van der Waals surface area contributed by atoms with Crippen molar-refractivity contribution < 1.29 is 9.53 Å². The number of amides is 1. The lowest BCUT2D eigenvalue weighted by atomic mass is 10.0. The number of fused-ring (bicyclic) bond motifs is 1. The van der Waals surface area contributed by atoms with E-state index in [0.717, 1.165) is 44.8 Å². The lowest BCUT2D eigenvalue weighted by Crippen LogP contribution is -2.45. The number of benzene rings is 1. The third-order valence-corrected chi connectivity index (χ3v) is 5.89. The van der Waals surface area contributed by atoms with Crippen LogP contribution >= 0.6 is 11.8 Å². The summed E-state index contributed by atoms with van der Waals surface area (Å²) in [6.45, 7) is 8.19. The van der Waals surface area contributed by atoms with E-state index in [9.17, 15) is 4.79 Å². The van der Waals surface area contributed by atoms with Gasteiger partial charge in [0.25, 0.3) is 0 Å². The Morgan fingerprint density at radius 2 is 2.00 bits per heavy atom. The molecule has 0 spiro atoms. The molecule has 1 aromatic carbocycles. The van der Waals surface area contributed by atoms with Crippen LogP contribution in [-0.2, 0) is 9.53 Å². The van der Waals surface area contributed by atoms with E-state index in [1.165, 1.54) is 10.5 Å². The fraction of sp³-hybridized carbons (Fsp3) is 0.632. The zero-order chi connectivity index (χ0) is 16.9. The van der Waals surface area contributed by atoms with Crippen molar-refractivity contribution in [2.24, 2.45) is 0 Å². The van der Waals surface area contributed by atoms with Crippen LogP contribution in [0.2, 0.25) is 0 Å². The maximum Gasteiger partial charge on any atom is 0.228 e. The number of ether oxygens (including phenoxy) is 1. The van der Waals surface area contributed by atoms with Crippen LogP contribution in [0.25, 0.3) is 0 Å². The molecule has 0 aliphatic carbocycles. The minimum absolute atomic E-state index is 0.0205. The van der Waals surface area contributed by atoms with Gasteiger partial charge in [0.2, 0.25) is 5.91 Å². The Balaban J connectivity index is 1.35. The molecule has 0 radical (unpaired) electrons. The largest absolute Gasteiger partial charge is 0.373 e. The molecule has 4 nitrogen and oxygen atoms in total. The van der Waals surface area contributed by atoms with Crippen molar-refractivity contribution in [3.8, 4) is 0 Å². The van der Waals surface area contributed by atoms with Crippen molar-refractivity contribution >= 4 is 17.7 Å². The van der Waals surface area contributed by atoms with Crippen molar-refractivity contribution in [1.29, 1.82) is 0 Å². The molecular weight excluding hydrogens is 320 g/mol. The third kappa shape index (κ3) is 4.52. The average Bonchev–Trinajstić information content (AvgIpc) is 2.97. The van der Waals surface area contributed by atoms with Crippen LogP contribution in [0.1, 0.15) is 38.2 Å². The lowest BCUT2D eigenvalue weighted by molar-refractivity contribution is -0.122. The first kappa shape index (κ1) is 17.8. The number of unbranched alkanes of at least 4 members (excludes halogenated alkanes) is 1. The highest BCUT2D eigenvalue weighted by Crippen LogP contribution is 2.39. The minimum atomic E-state index is 0.0205. The van der Waals surface area contributed by atoms with E-state index in [1.54, 1.807) is 11.8 Å². The highest BCUT2D eigenvalue weighted by Gasteiger charge is 2.28. The van der Waals surface area contributed by atoms with Crippen LogP contribution in [0.4, 0.5) is 0 Å². The summed E-state index contributed by atoms with van der Waals surface area (Å²) >= 11 is 1.79. The van der Waals surface area contributed by atoms with Gasteiger partial charge in [-0.1, -0.05) is 18.2 Å². The first-order valence-electron chi connectivity index (χ1n) is 9.00. The van der Waals surface area contributed by atoms with E-state index in [-0.39, 0.29) is 11.8 Å². The van der Waals surface area contributed by atoms with Gasteiger partial charge in [-0.15, -0.1) is 11.8 Å². The van der Waals surface area contributed by atoms with Crippen LogP contribution in [-0.4, -0.2) is 54.9 Å². The fourth-order valence-electron chi connectivity index (χ4n) is 3.64. The molecule has 24 heavy (non-hydrogen) atoms. The highest BCUT2D eigenvalue weighted by molar-refractivity contribution is 7.99. The Bertz CT molecular complexity index is 556. The number of hydrogen-bond donors (Lipinski definition) is 1. The van der Waals surface area contributed by atoms with Crippen molar-refractivity contribution in [3.05, 3.63) is 29.8 Å². The quantitative estimate of drug-likeness (QED) is 0.803. The van der Waals surface area contributed by atoms with Crippen molar-refractivity contribution in [3.63, 3.8) is 0 Å². The van der Waals surface area contributed by atoms with Crippen molar-refractivity contribution in [2.75, 3.05) is 31.9 Å². The number of nitrogens with one attached hydrogen (secondary N) is 1. The van der Waals surface area contributed by atoms with E-state index < -0.39 is 0 Å². The number of rotatable bonds is 6. The van der Waals surface area contributed by atoms with Gasteiger partial charge in [0, 0.05) is 30.3 Å². The maximum absolute atomic E-state index is 12.4. The molecule has 0 bridgehead atoms. The summed E-state index contributed by atoms with van der Waals surface area (Å²) in [7, 11) is 0. The van der Waals surface area contributed by atoms with E-state index in [0.29, 0.717) is 12.2 Å². The standard InChI is InChI=1S/C19H28N2O2S/c1-14-11-21(12-15(2)23-14)10-6-5-9-20-19(22)17-13-24-18-8-4-3-7-16(17)18/h3-4,7-8,14-15,17H,5-6,9-13H2,1-2H3,(H,20,22)/t14-,15+,17-/m0/s1. The summed E-state index contributed by atoms with van der Waals surface area (Å²) < 4.78 is 5.76. The monoisotopic (exact) mass is 348 g/mol. The van der Waals surface area contributed by atoms with Gasteiger partial charge in [0.15, 0.2) is 0 Å². The Morgan fingerprint density at radius 1 is 1.25 bits per heavy atom. The molecule has 2 aliphatic rings. The summed E-state index contributed by atoms with van der Waals surface area (Å²) in [6, 6.07) is 8.26. The molecular formula is C19H28N2O2S. The molecule has 2 aliphatic heterocycles. The summed E-state index contributed by atoms with van der Waals surface area (Å²) in [5.41, 5.74) is 1.19. The number of nitrogens with zero attached hydrogens (tertiary/aromatic N) is 1. The molecule has 3 atom stereocenters. The summed E-state index contributed by atoms with van der Waals surface area (Å²) in [5.74, 6) is 1.07. The van der Waals surface area contributed by atoms with Crippen LogP contribution < -0.4 is 5.32 Å². The predicted octanol–water partition coefficient (Wildman–Crippen LogP) is 2.88. The van der Waals surface area contributed by atoms with Gasteiger partial charge in [-0.05, 0) is 44.9 Å². The molecule has 0 unspecified atom stereocenters. The smallest absolute Gasteiger partial charge is 0.228 e. The molecule has 5 heteroatoms. The first-order chi connectivity index (χ1) is 11.6. The van der Waals surface area contributed by atoms with Crippen LogP contribution in [0.15, 0.2) is 29.2 Å². The Kier molecular flexibility index (Phi) is 6.19. The van der Waals surface area contributed by atoms with Crippen LogP contribution in [0, 0.1) is 0 Å². The zero-order valence-electron chi connectivity index (χ0n) is 14.7. The van der Waals surface area contributed by atoms with Gasteiger partial charge in [-0.25, -0.2) is 0 Å². The Labute approximate surface area is 149 Å². The molecule has 1 saturated heterocycles. The zero-order valence-corrected chi connectivity index (χ0v) is 15.5. The van der Waals surface area contributed by atoms with Gasteiger partial charge >= 0.3 is 0 Å². The second-order valence-electron chi connectivity index (χ2n) is 6.92. The summed E-state index contributed by atoms with van der Waals surface area (Å²) in [4.78, 5) is 16.1. The van der Waals surface area contributed by atoms with E-state index in [1.807, 2.05) is 12.1 Å². The van der Waals surface area contributed by atoms with Crippen LogP contribution in [0.5, 0.6) is 0 Å². The predicted molar refractivity (Wildman–Crippen MR) is 98.6 cm³/mol. The second kappa shape index (κ2) is 8.37. The molecule has 1 fully saturated rings.